The van der Waals surface area contributed by atoms with Crippen molar-refractivity contribution in [3.63, 3.8) is 0 Å². The van der Waals surface area contributed by atoms with Crippen molar-refractivity contribution >= 4 is 35.1 Å². The second-order valence-electron chi connectivity index (χ2n) is 4.86. The molecule has 1 saturated heterocycles. The number of nitrogens with one attached hydrogen (secondary N) is 2. The van der Waals surface area contributed by atoms with Crippen LogP contribution in [0.5, 0.6) is 0 Å². The molecule has 0 bridgehead atoms. The van der Waals surface area contributed by atoms with Crippen LogP contribution in [-0.2, 0) is 19.1 Å². The molecule has 1 aliphatic heterocycles. The van der Waals surface area contributed by atoms with E-state index in [1.165, 1.54) is 19.1 Å². The molecular weight excluding hydrogens is 315 g/mol. The van der Waals surface area contributed by atoms with Crippen molar-refractivity contribution in [1.29, 1.82) is 0 Å². The molecule has 0 unspecified atom stereocenters. The van der Waals surface area contributed by atoms with Crippen molar-refractivity contribution in [2.45, 2.75) is 31.9 Å². The van der Waals surface area contributed by atoms with E-state index in [-0.39, 0.29) is 23.0 Å². The number of anilines is 1. The molecule has 8 heteroatoms. The third kappa shape index (κ3) is 3.94. The zero-order valence-electron chi connectivity index (χ0n) is 11.7. The summed E-state index contributed by atoms with van der Waals surface area (Å²) in [6.07, 6.45) is -0.456. The molecule has 0 spiro atoms. The van der Waals surface area contributed by atoms with Crippen LogP contribution in [-0.4, -0.2) is 29.9 Å². The van der Waals surface area contributed by atoms with Gasteiger partial charge in [0, 0.05) is 12.1 Å². The molecule has 22 heavy (non-hydrogen) atoms. The Morgan fingerprint density at radius 2 is 2.23 bits per heavy atom. The lowest BCUT2D eigenvalue weighted by Gasteiger charge is -2.16. The average Bonchev–Trinajstić information content (AvgIpc) is 2.89. The molecule has 0 aromatic heterocycles. The Kier molecular flexibility index (Phi) is 4.97. The van der Waals surface area contributed by atoms with Gasteiger partial charge in [-0.3, -0.25) is 9.59 Å². The summed E-state index contributed by atoms with van der Waals surface area (Å²) in [5.41, 5.74) is 0.286. The molecular formula is C14H14ClFN2O4. The molecule has 1 heterocycles. The number of amides is 2. The van der Waals surface area contributed by atoms with Gasteiger partial charge in [0.2, 0.25) is 5.91 Å². The molecule has 1 aliphatic rings. The van der Waals surface area contributed by atoms with Gasteiger partial charge < -0.3 is 15.4 Å². The minimum absolute atomic E-state index is 0.129. The quantitative estimate of drug-likeness (QED) is 0.823. The van der Waals surface area contributed by atoms with E-state index in [9.17, 15) is 18.8 Å². The van der Waals surface area contributed by atoms with Crippen molar-refractivity contribution in [2.24, 2.45) is 0 Å². The van der Waals surface area contributed by atoms with Crippen LogP contribution in [0.15, 0.2) is 18.2 Å². The minimum Gasteiger partial charge on any atom is -0.451 e. The SMILES string of the molecule is C[C@H](OC(=O)[C@H]1CCC(=O)N1)C(=O)Nc1ccc(F)c(Cl)c1. The molecule has 6 nitrogen and oxygen atoms in total. The number of ether oxygens (including phenoxy) is 1. The van der Waals surface area contributed by atoms with Gasteiger partial charge in [0.15, 0.2) is 6.10 Å². The molecule has 2 N–H and O–H groups in total. The lowest BCUT2D eigenvalue weighted by molar-refractivity contribution is -0.155. The minimum atomic E-state index is -1.06. The molecule has 0 aliphatic carbocycles. The predicted molar refractivity (Wildman–Crippen MR) is 76.8 cm³/mol. The Bertz CT molecular complexity index is 623. The molecule has 1 fully saturated rings. The van der Waals surface area contributed by atoms with Crippen LogP contribution in [0, 0.1) is 5.82 Å². The summed E-state index contributed by atoms with van der Waals surface area (Å²) in [4.78, 5) is 34.7. The highest BCUT2D eigenvalue weighted by Crippen LogP contribution is 2.19. The van der Waals surface area contributed by atoms with Gasteiger partial charge in [0.25, 0.3) is 5.91 Å². The fraction of sp³-hybridized carbons (Fsp3) is 0.357. The highest BCUT2D eigenvalue weighted by molar-refractivity contribution is 6.31. The highest BCUT2D eigenvalue weighted by Gasteiger charge is 2.30. The van der Waals surface area contributed by atoms with Crippen molar-refractivity contribution in [3.05, 3.63) is 29.0 Å². The fourth-order valence-electron chi connectivity index (χ4n) is 1.92. The second-order valence-corrected chi connectivity index (χ2v) is 5.26. The van der Waals surface area contributed by atoms with Gasteiger partial charge in [-0.05, 0) is 31.5 Å². The van der Waals surface area contributed by atoms with E-state index >= 15 is 0 Å². The van der Waals surface area contributed by atoms with Crippen LogP contribution < -0.4 is 10.6 Å². The Labute approximate surface area is 131 Å². The molecule has 2 amide bonds. The summed E-state index contributed by atoms with van der Waals surface area (Å²) in [6.45, 7) is 1.40. The Morgan fingerprint density at radius 3 is 2.82 bits per heavy atom. The maximum Gasteiger partial charge on any atom is 0.329 e. The van der Waals surface area contributed by atoms with Gasteiger partial charge in [-0.25, -0.2) is 9.18 Å². The zero-order valence-corrected chi connectivity index (χ0v) is 12.4. The van der Waals surface area contributed by atoms with Gasteiger partial charge >= 0.3 is 5.97 Å². The van der Waals surface area contributed by atoms with E-state index in [2.05, 4.69) is 10.6 Å². The summed E-state index contributed by atoms with van der Waals surface area (Å²) in [6, 6.07) is 2.98. The van der Waals surface area contributed by atoms with Gasteiger partial charge in [-0.15, -0.1) is 0 Å². The average molecular weight is 329 g/mol. The zero-order chi connectivity index (χ0) is 16.3. The Balaban J connectivity index is 1.90. The van der Waals surface area contributed by atoms with Gasteiger partial charge in [0.1, 0.15) is 11.9 Å². The Hall–Kier alpha value is -2.15. The summed E-state index contributed by atoms with van der Waals surface area (Å²) in [5, 5.41) is 4.79. The van der Waals surface area contributed by atoms with Gasteiger partial charge in [0.05, 0.1) is 5.02 Å². The first-order valence-corrected chi connectivity index (χ1v) is 7.00. The standard InChI is InChI=1S/C14H14ClFN2O4/c1-7(22-14(21)11-4-5-12(19)18-11)13(20)17-8-2-3-10(16)9(15)6-8/h2-3,6-7,11H,4-5H2,1H3,(H,17,20)(H,18,19)/t7-,11+/m0/s1. The maximum atomic E-state index is 13.0. The van der Waals surface area contributed by atoms with Crippen molar-refractivity contribution < 1.29 is 23.5 Å². The first-order chi connectivity index (χ1) is 10.4. The largest absolute Gasteiger partial charge is 0.451 e. The lowest BCUT2D eigenvalue weighted by atomic mass is 10.2. The molecule has 2 rings (SSSR count). The normalized spacial score (nSPS) is 18.5. The van der Waals surface area contributed by atoms with Crippen LogP contribution >= 0.6 is 11.6 Å². The first-order valence-electron chi connectivity index (χ1n) is 6.62. The maximum absolute atomic E-state index is 13.0. The summed E-state index contributed by atoms with van der Waals surface area (Å²) >= 11 is 5.61. The number of rotatable bonds is 4. The number of halogens is 2. The van der Waals surface area contributed by atoms with Crippen LogP contribution in [0.3, 0.4) is 0 Å². The summed E-state index contributed by atoms with van der Waals surface area (Å²) in [7, 11) is 0. The van der Waals surface area contributed by atoms with E-state index in [1.54, 1.807) is 0 Å². The van der Waals surface area contributed by atoms with E-state index in [0.29, 0.717) is 6.42 Å². The number of carbonyl (C=O) groups is 3. The van der Waals surface area contributed by atoms with Crippen LogP contribution in [0.2, 0.25) is 5.02 Å². The molecule has 118 valence electrons. The topological polar surface area (TPSA) is 84.5 Å². The highest BCUT2D eigenvalue weighted by atomic mass is 35.5. The van der Waals surface area contributed by atoms with Crippen LogP contribution in [0.1, 0.15) is 19.8 Å². The van der Waals surface area contributed by atoms with Gasteiger partial charge in [-0.1, -0.05) is 11.6 Å². The fourth-order valence-corrected chi connectivity index (χ4v) is 2.10. The van der Waals surface area contributed by atoms with Crippen molar-refractivity contribution in [3.8, 4) is 0 Å². The molecule has 1 aromatic carbocycles. The first kappa shape index (κ1) is 16.2. The number of hydrogen-bond acceptors (Lipinski definition) is 4. The monoisotopic (exact) mass is 328 g/mol. The molecule has 0 radical (unpaired) electrons. The number of benzene rings is 1. The van der Waals surface area contributed by atoms with E-state index in [1.807, 2.05) is 0 Å². The molecule has 2 atom stereocenters. The second kappa shape index (κ2) is 6.74. The van der Waals surface area contributed by atoms with Crippen LogP contribution in [0.4, 0.5) is 10.1 Å². The van der Waals surface area contributed by atoms with E-state index in [0.717, 1.165) is 6.07 Å². The van der Waals surface area contributed by atoms with Crippen LogP contribution in [0.25, 0.3) is 0 Å². The number of hydrogen-bond donors (Lipinski definition) is 2. The van der Waals surface area contributed by atoms with Crippen molar-refractivity contribution in [2.75, 3.05) is 5.32 Å². The Morgan fingerprint density at radius 1 is 1.50 bits per heavy atom. The number of carbonyl (C=O) groups excluding carboxylic acids is 3. The molecule has 0 saturated carbocycles. The lowest BCUT2D eigenvalue weighted by Crippen LogP contribution is -2.39. The van der Waals surface area contributed by atoms with Gasteiger partial charge in [-0.2, -0.15) is 0 Å². The van der Waals surface area contributed by atoms with Crippen molar-refractivity contribution in [1.82, 2.24) is 5.32 Å². The number of esters is 1. The third-order valence-electron chi connectivity index (χ3n) is 3.13. The predicted octanol–water partition coefficient (Wildman–Crippen LogP) is 1.63. The summed E-state index contributed by atoms with van der Waals surface area (Å²) < 4.78 is 18.0. The summed E-state index contributed by atoms with van der Waals surface area (Å²) in [5.74, 6) is -2.07. The van der Waals surface area contributed by atoms with E-state index in [4.69, 9.17) is 16.3 Å². The molecule has 1 aromatic rings. The smallest absolute Gasteiger partial charge is 0.329 e. The third-order valence-corrected chi connectivity index (χ3v) is 3.42. The van der Waals surface area contributed by atoms with E-state index < -0.39 is 29.8 Å².